The van der Waals surface area contributed by atoms with Crippen molar-refractivity contribution in [3.63, 3.8) is 0 Å². The summed E-state index contributed by atoms with van der Waals surface area (Å²) in [4.78, 5) is 15.6. The van der Waals surface area contributed by atoms with Crippen LogP contribution in [0, 0.1) is 10.1 Å². The van der Waals surface area contributed by atoms with E-state index in [1.165, 1.54) is 0 Å². The molecule has 0 N–H and O–H groups in total. The van der Waals surface area contributed by atoms with Gasteiger partial charge >= 0.3 is 0 Å². The number of fused-ring (bicyclic) bond motifs is 1. The largest absolute Gasteiger partial charge is 0.370 e. The van der Waals surface area contributed by atoms with Gasteiger partial charge < -0.3 is 9.80 Å². The van der Waals surface area contributed by atoms with Crippen LogP contribution in [0.15, 0.2) is 36.4 Å². The van der Waals surface area contributed by atoms with Crippen LogP contribution in [0.5, 0.6) is 0 Å². The van der Waals surface area contributed by atoms with Gasteiger partial charge in [-0.1, -0.05) is 18.2 Å². The molecule has 0 unspecified atom stereocenters. The van der Waals surface area contributed by atoms with E-state index in [0.717, 1.165) is 49.1 Å². The third kappa shape index (κ3) is 2.69. The number of likely N-dealkylation sites (N-methyl/N-ethyl adjacent to an activating group) is 1. The predicted molar refractivity (Wildman–Crippen MR) is 84.9 cm³/mol. The van der Waals surface area contributed by atoms with E-state index in [2.05, 4.69) is 16.8 Å². The lowest BCUT2D eigenvalue weighted by atomic mass is 10.1. The van der Waals surface area contributed by atoms with Crippen molar-refractivity contribution in [1.82, 2.24) is 4.90 Å². The van der Waals surface area contributed by atoms with Crippen molar-refractivity contribution in [2.75, 3.05) is 38.1 Å². The maximum absolute atomic E-state index is 11.2. The Morgan fingerprint density at radius 3 is 2.52 bits per heavy atom. The van der Waals surface area contributed by atoms with Gasteiger partial charge in [-0.15, -0.1) is 0 Å². The molecule has 0 atom stereocenters. The first kappa shape index (κ1) is 13.8. The van der Waals surface area contributed by atoms with Crippen molar-refractivity contribution in [2.45, 2.75) is 6.42 Å². The third-order valence-corrected chi connectivity index (χ3v) is 4.13. The number of anilines is 1. The second kappa shape index (κ2) is 5.69. The van der Waals surface area contributed by atoms with Crippen molar-refractivity contribution in [3.05, 3.63) is 46.5 Å². The molecule has 1 aliphatic rings. The molecule has 1 aliphatic heterocycles. The number of non-ortho nitro benzene ring substituents is 1. The number of nitro groups is 1. The van der Waals surface area contributed by atoms with Crippen molar-refractivity contribution < 1.29 is 4.92 Å². The third-order valence-electron chi connectivity index (χ3n) is 4.13. The Bertz CT molecular complexity index is 672. The molecule has 0 aromatic heterocycles. The van der Waals surface area contributed by atoms with Crippen molar-refractivity contribution in [1.29, 1.82) is 0 Å². The Balaban J connectivity index is 2.07. The molecule has 2 aromatic carbocycles. The minimum Gasteiger partial charge on any atom is -0.370 e. The molecule has 110 valence electrons. The summed E-state index contributed by atoms with van der Waals surface area (Å²) in [6, 6.07) is 11.1. The molecule has 0 radical (unpaired) electrons. The summed E-state index contributed by atoms with van der Waals surface area (Å²) >= 11 is 0. The zero-order valence-electron chi connectivity index (χ0n) is 12.2. The van der Waals surface area contributed by atoms with E-state index < -0.39 is 0 Å². The molecule has 3 rings (SSSR count). The van der Waals surface area contributed by atoms with Gasteiger partial charge in [-0.05, 0) is 32.1 Å². The lowest BCUT2D eigenvalue weighted by Crippen LogP contribution is -2.28. The van der Waals surface area contributed by atoms with E-state index in [9.17, 15) is 10.1 Å². The van der Waals surface area contributed by atoms with E-state index in [1.807, 2.05) is 30.3 Å². The molecular formula is C16H19N3O2. The molecule has 2 aromatic rings. The van der Waals surface area contributed by atoms with Gasteiger partial charge in [-0.3, -0.25) is 10.1 Å². The van der Waals surface area contributed by atoms with Gasteiger partial charge in [-0.25, -0.2) is 0 Å². The number of hydrogen-bond donors (Lipinski definition) is 0. The van der Waals surface area contributed by atoms with Crippen molar-refractivity contribution >= 4 is 22.1 Å². The lowest BCUT2D eigenvalue weighted by molar-refractivity contribution is -0.383. The van der Waals surface area contributed by atoms with Gasteiger partial charge in [-0.2, -0.15) is 0 Å². The summed E-state index contributed by atoms with van der Waals surface area (Å²) in [6.45, 7) is 4.07. The van der Waals surface area contributed by atoms with Crippen LogP contribution in [0.25, 0.3) is 10.8 Å². The highest BCUT2D eigenvalue weighted by Crippen LogP contribution is 2.33. The topological polar surface area (TPSA) is 49.6 Å². The fourth-order valence-electron chi connectivity index (χ4n) is 2.99. The normalized spacial score (nSPS) is 16.9. The van der Waals surface area contributed by atoms with Gasteiger partial charge in [0.25, 0.3) is 5.69 Å². The molecular weight excluding hydrogens is 266 g/mol. The molecule has 1 fully saturated rings. The number of nitro benzene ring substituents is 1. The van der Waals surface area contributed by atoms with Crippen LogP contribution in [0.3, 0.4) is 0 Å². The highest BCUT2D eigenvalue weighted by atomic mass is 16.6. The minimum absolute atomic E-state index is 0.182. The van der Waals surface area contributed by atoms with Gasteiger partial charge in [0.2, 0.25) is 0 Å². The monoisotopic (exact) mass is 285 g/mol. The molecule has 5 nitrogen and oxygen atoms in total. The van der Waals surface area contributed by atoms with E-state index >= 15 is 0 Å². The van der Waals surface area contributed by atoms with Crippen LogP contribution in [0.4, 0.5) is 11.4 Å². The van der Waals surface area contributed by atoms with Crippen molar-refractivity contribution in [2.24, 2.45) is 0 Å². The first-order valence-electron chi connectivity index (χ1n) is 7.26. The zero-order chi connectivity index (χ0) is 14.8. The average molecular weight is 285 g/mol. The average Bonchev–Trinajstić information content (AvgIpc) is 2.70. The molecule has 0 saturated carbocycles. The maximum Gasteiger partial charge on any atom is 0.277 e. The molecule has 5 heteroatoms. The smallest absolute Gasteiger partial charge is 0.277 e. The summed E-state index contributed by atoms with van der Waals surface area (Å²) in [6.07, 6.45) is 1.11. The number of rotatable bonds is 2. The van der Waals surface area contributed by atoms with Crippen LogP contribution in [-0.2, 0) is 0 Å². The molecule has 0 spiro atoms. The number of benzene rings is 2. The summed E-state index contributed by atoms with van der Waals surface area (Å²) in [5.74, 6) is 0. The van der Waals surface area contributed by atoms with Gasteiger partial charge in [0.15, 0.2) is 0 Å². The van der Waals surface area contributed by atoms with Gasteiger partial charge in [0.1, 0.15) is 0 Å². The summed E-state index contributed by atoms with van der Waals surface area (Å²) in [5, 5.41) is 12.9. The molecule has 1 saturated heterocycles. The van der Waals surface area contributed by atoms with Crippen LogP contribution >= 0.6 is 0 Å². The Hall–Kier alpha value is -2.14. The van der Waals surface area contributed by atoms with E-state index in [-0.39, 0.29) is 10.6 Å². The quantitative estimate of drug-likeness (QED) is 0.629. The van der Waals surface area contributed by atoms with Crippen LogP contribution in [0.2, 0.25) is 0 Å². The molecule has 0 amide bonds. The Morgan fingerprint density at radius 1 is 1.00 bits per heavy atom. The van der Waals surface area contributed by atoms with Crippen LogP contribution < -0.4 is 4.90 Å². The molecule has 0 aliphatic carbocycles. The standard InChI is InChI=1S/C16H19N3O2/c1-17-9-4-10-18(12-11-17)15-7-8-16(19(20)21)14-6-3-2-5-13(14)15/h2-3,5-8H,4,9-12H2,1H3. The first-order chi connectivity index (χ1) is 10.2. The van der Waals surface area contributed by atoms with E-state index in [0.29, 0.717) is 0 Å². The van der Waals surface area contributed by atoms with E-state index in [4.69, 9.17) is 0 Å². The predicted octanol–water partition coefficient (Wildman–Crippen LogP) is 2.89. The summed E-state index contributed by atoms with van der Waals surface area (Å²) < 4.78 is 0. The number of hydrogen-bond acceptors (Lipinski definition) is 4. The second-order valence-corrected chi connectivity index (χ2v) is 5.55. The van der Waals surface area contributed by atoms with Gasteiger partial charge in [0, 0.05) is 36.8 Å². The SMILES string of the molecule is CN1CCCN(c2ccc([N+](=O)[O-])c3ccccc23)CC1. The van der Waals surface area contributed by atoms with Crippen LogP contribution in [-0.4, -0.2) is 43.0 Å². The van der Waals surface area contributed by atoms with Crippen molar-refractivity contribution in [3.8, 4) is 0 Å². The first-order valence-corrected chi connectivity index (χ1v) is 7.26. The fourth-order valence-corrected chi connectivity index (χ4v) is 2.99. The second-order valence-electron chi connectivity index (χ2n) is 5.55. The Morgan fingerprint density at radius 2 is 1.76 bits per heavy atom. The summed E-state index contributed by atoms with van der Waals surface area (Å²) in [7, 11) is 2.14. The molecule has 0 bridgehead atoms. The van der Waals surface area contributed by atoms with Gasteiger partial charge in [0.05, 0.1) is 10.3 Å². The highest BCUT2D eigenvalue weighted by Gasteiger charge is 2.18. The number of nitrogens with zero attached hydrogens (tertiary/aromatic N) is 3. The molecule has 1 heterocycles. The lowest BCUT2D eigenvalue weighted by Gasteiger charge is -2.24. The maximum atomic E-state index is 11.2. The zero-order valence-corrected chi connectivity index (χ0v) is 12.2. The molecule has 21 heavy (non-hydrogen) atoms. The Kier molecular flexibility index (Phi) is 3.75. The summed E-state index contributed by atoms with van der Waals surface area (Å²) in [5.41, 5.74) is 1.28. The highest BCUT2D eigenvalue weighted by molar-refractivity contribution is 6.00. The minimum atomic E-state index is -0.303. The fraction of sp³-hybridized carbons (Fsp3) is 0.375. The van der Waals surface area contributed by atoms with E-state index in [1.54, 1.807) is 6.07 Å². The Labute approximate surface area is 123 Å². The van der Waals surface area contributed by atoms with Crippen LogP contribution in [0.1, 0.15) is 6.42 Å².